The quantitative estimate of drug-likeness (QED) is 0.816. The van der Waals surface area contributed by atoms with E-state index in [9.17, 15) is 9.59 Å². The number of esters is 1. The summed E-state index contributed by atoms with van der Waals surface area (Å²) in [5.74, 6) is -0.517. The van der Waals surface area contributed by atoms with Crippen LogP contribution in [0.2, 0.25) is 0 Å². The van der Waals surface area contributed by atoms with Crippen LogP contribution in [0.4, 0.5) is 0 Å². The molecule has 1 amide bonds. The van der Waals surface area contributed by atoms with Gasteiger partial charge in [0.05, 0.1) is 7.11 Å². The van der Waals surface area contributed by atoms with Crippen LogP contribution in [0.3, 0.4) is 0 Å². The lowest BCUT2D eigenvalue weighted by Crippen LogP contribution is -2.19. The van der Waals surface area contributed by atoms with Gasteiger partial charge in [-0.05, 0) is 24.1 Å². The number of ether oxygens (including phenoxy) is 1. The summed E-state index contributed by atoms with van der Waals surface area (Å²) in [5.41, 5.74) is 1.94. The number of carbonyl (C=O) groups is 2. The molecule has 0 unspecified atom stereocenters. The standard InChI is InChI=1S/C13H16N2O3/c1-9-7-11(5-4-6-14-10(2)16)8-15-12(9)13(17)18-3/h4-5,7-8H,6H2,1-3H3,(H,14,16). The molecule has 0 aliphatic rings. The van der Waals surface area contributed by atoms with Crippen LogP contribution in [0.15, 0.2) is 18.3 Å². The summed E-state index contributed by atoms with van der Waals surface area (Å²) in [7, 11) is 1.32. The van der Waals surface area contributed by atoms with E-state index in [4.69, 9.17) is 0 Å². The second-order valence-corrected chi connectivity index (χ2v) is 3.77. The molecule has 1 N–H and O–H groups in total. The zero-order chi connectivity index (χ0) is 13.5. The summed E-state index contributed by atoms with van der Waals surface area (Å²) in [5, 5.41) is 2.65. The number of aromatic nitrogens is 1. The lowest BCUT2D eigenvalue weighted by atomic mass is 10.1. The Hall–Kier alpha value is -2.17. The third kappa shape index (κ3) is 4.01. The Morgan fingerprint density at radius 3 is 2.78 bits per heavy atom. The molecular weight excluding hydrogens is 232 g/mol. The lowest BCUT2D eigenvalue weighted by Gasteiger charge is -2.03. The van der Waals surface area contributed by atoms with Crippen molar-refractivity contribution in [1.29, 1.82) is 0 Å². The summed E-state index contributed by atoms with van der Waals surface area (Å²) in [4.78, 5) is 26.0. The van der Waals surface area contributed by atoms with Gasteiger partial charge in [-0.1, -0.05) is 12.2 Å². The molecule has 0 bridgehead atoms. The molecule has 5 heteroatoms. The number of aryl methyl sites for hydroxylation is 1. The van der Waals surface area contributed by atoms with Crippen molar-refractivity contribution in [2.24, 2.45) is 0 Å². The zero-order valence-electron chi connectivity index (χ0n) is 10.7. The fourth-order valence-corrected chi connectivity index (χ4v) is 1.40. The van der Waals surface area contributed by atoms with Crippen LogP contribution in [-0.4, -0.2) is 30.5 Å². The zero-order valence-corrected chi connectivity index (χ0v) is 10.7. The highest BCUT2D eigenvalue weighted by atomic mass is 16.5. The van der Waals surface area contributed by atoms with Gasteiger partial charge in [0.15, 0.2) is 5.69 Å². The Bertz CT molecular complexity index is 481. The number of hydrogen-bond acceptors (Lipinski definition) is 4. The van der Waals surface area contributed by atoms with Crippen molar-refractivity contribution in [2.45, 2.75) is 13.8 Å². The number of hydrogen-bond donors (Lipinski definition) is 1. The highest BCUT2D eigenvalue weighted by Crippen LogP contribution is 2.10. The van der Waals surface area contributed by atoms with Gasteiger partial charge in [-0.15, -0.1) is 0 Å². The minimum absolute atomic E-state index is 0.0741. The summed E-state index contributed by atoms with van der Waals surface area (Å²) >= 11 is 0. The van der Waals surface area contributed by atoms with E-state index >= 15 is 0 Å². The molecule has 18 heavy (non-hydrogen) atoms. The van der Waals surface area contributed by atoms with E-state index in [2.05, 4.69) is 15.0 Å². The molecule has 1 aromatic rings. The Kier molecular flexibility index (Phi) is 5.05. The Morgan fingerprint density at radius 1 is 1.50 bits per heavy atom. The molecule has 1 rings (SSSR count). The van der Waals surface area contributed by atoms with Crippen molar-refractivity contribution in [3.63, 3.8) is 0 Å². The maximum Gasteiger partial charge on any atom is 0.356 e. The van der Waals surface area contributed by atoms with Gasteiger partial charge in [0.2, 0.25) is 5.91 Å². The molecule has 0 atom stereocenters. The van der Waals surface area contributed by atoms with E-state index in [1.165, 1.54) is 14.0 Å². The predicted octanol–water partition coefficient (Wildman–Crippen LogP) is 1.33. The molecule has 5 nitrogen and oxygen atoms in total. The van der Waals surface area contributed by atoms with E-state index in [1.807, 2.05) is 18.2 Å². The number of carbonyl (C=O) groups excluding carboxylic acids is 2. The molecule has 0 fully saturated rings. The molecule has 1 heterocycles. The molecule has 0 spiro atoms. The molecule has 96 valence electrons. The lowest BCUT2D eigenvalue weighted by molar-refractivity contribution is -0.118. The van der Waals surface area contributed by atoms with Crippen LogP contribution >= 0.6 is 0 Å². The van der Waals surface area contributed by atoms with Crippen molar-refractivity contribution in [3.8, 4) is 0 Å². The van der Waals surface area contributed by atoms with Crippen molar-refractivity contribution < 1.29 is 14.3 Å². The normalized spacial score (nSPS) is 10.4. The third-order valence-electron chi connectivity index (χ3n) is 2.26. The molecule has 0 aromatic carbocycles. The van der Waals surface area contributed by atoms with Gasteiger partial charge in [0, 0.05) is 19.7 Å². The van der Waals surface area contributed by atoms with E-state index in [0.717, 1.165) is 11.1 Å². The summed E-state index contributed by atoms with van der Waals surface area (Å²) in [6.07, 6.45) is 5.23. The molecule has 0 saturated heterocycles. The number of amides is 1. The number of nitrogens with one attached hydrogen (secondary N) is 1. The minimum atomic E-state index is -0.443. The van der Waals surface area contributed by atoms with Gasteiger partial charge in [-0.3, -0.25) is 4.79 Å². The van der Waals surface area contributed by atoms with Gasteiger partial charge in [0.25, 0.3) is 0 Å². The fraction of sp³-hybridized carbons (Fsp3) is 0.308. The average Bonchev–Trinajstić information content (AvgIpc) is 2.33. The topological polar surface area (TPSA) is 68.3 Å². The second-order valence-electron chi connectivity index (χ2n) is 3.77. The van der Waals surface area contributed by atoms with Gasteiger partial charge >= 0.3 is 5.97 Å². The first-order valence-corrected chi connectivity index (χ1v) is 5.50. The van der Waals surface area contributed by atoms with Crippen LogP contribution < -0.4 is 5.32 Å². The molecule has 0 aliphatic heterocycles. The van der Waals surface area contributed by atoms with E-state index in [-0.39, 0.29) is 5.91 Å². The highest BCUT2D eigenvalue weighted by Gasteiger charge is 2.10. The van der Waals surface area contributed by atoms with Crippen molar-refractivity contribution >= 4 is 18.0 Å². The summed E-state index contributed by atoms with van der Waals surface area (Å²) in [6.45, 7) is 3.72. The average molecular weight is 248 g/mol. The minimum Gasteiger partial charge on any atom is -0.464 e. The first-order valence-electron chi connectivity index (χ1n) is 5.50. The van der Waals surface area contributed by atoms with Crippen LogP contribution in [0.25, 0.3) is 6.08 Å². The van der Waals surface area contributed by atoms with Gasteiger partial charge in [-0.25, -0.2) is 9.78 Å². The van der Waals surface area contributed by atoms with Gasteiger partial charge in [-0.2, -0.15) is 0 Å². The maximum absolute atomic E-state index is 11.3. The van der Waals surface area contributed by atoms with E-state index in [0.29, 0.717) is 12.2 Å². The van der Waals surface area contributed by atoms with E-state index in [1.54, 1.807) is 13.1 Å². The Labute approximate surface area is 106 Å². The SMILES string of the molecule is COC(=O)c1ncc(C=CCNC(C)=O)cc1C. The smallest absolute Gasteiger partial charge is 0.356 e. The molecule has 0 aliphatic carbocycles. The monoisotopic (exact) mass is 248 g/mol. The first kappa shape index (κ1) is 13.9. The van der Waals surface area contributed by atoms with Crippen LogP contribution in [-0.2, 0) is 9.53 Å². The summed E-state index contributed by atoms with van der Waals surface area (Å²) in [6, 6.07) is 1.84. The highest BCUT2D eigenvalue weighted by molar-refractivity contribution is 5.88. The van der Waals surface area contributed by atoms with Crippen LogP contribution in [0.1, 0.15) is 28.5 Å². The predicted molar refractivity (Wildman–Crippen MR) is 68.0 cm³/mol. The van der Waals surface area contributed by atoms with Gasteiger partial charge < -0.3 is 10.1 Å². The van der Waals surface area contributed by atoms with Crippen molar-refractivity contribution in [1.82, 2.24) is 10.3 Å². The number of pyridine rings is 1. The fourth-order valence-electron chi connectivity index (χ4n) is 1.40. The summed E-state index contributed by atoms with van der Waals surface area (Å²) < 4.78 is 4.61. The van der Waals surface area contributed by atoms with Gasteiger partial charge in [0.1, 0.15) is 0 Å². The number of rotatable bonds is 4. The Morgan fingerprint density at radius 2 is 2.22 bits per heavy atom. The number of methoxy groups -OCH3 is 1. The first-order chi connectivity index (χ1) is 8.54. The third-order valence-corrected chi connectivity index (χ3v) is 2.26. The van der Waals surface area contributed by atoms with Crippen molar-refractivity contribution in [3.05, 3.63) is 35.2 Å². The number of nitrogens with zero attached hydrogens (tertiary/aromatic N) is 1. The van der Waals surface area contributed by atoms with E-state index < -0.39 is 5.97 Å². The molecule has 0 radical (unpaired) electrons. The molecule has 1 aromatic heterocycles. The van der Waals surface area contributed by atoms with Crippen molar-refractivity contribution in [2.75, 3.05) is 13.7 Å². The molecular formula is C13H16N2O3. The van der Waals surface area contributed by atoms with Crippen LogP contribution in [0, 0.1) is 6.92 Å². The second kappa shape index (κ2) is 6.54. The Balaban J connectivity index is 2.72. The van der Waals surface area contributed by atoms with Crippen LogP contribution in [0.5, 0.6) is 0 Å². The molecule has 0 saturated carbocycles. The maximum atomic E-state index is 11.3. The largest absolute Gasteiger partial charge is 0.464 e.